The zero-order valence-corrected chi connectivity index (χ0v) is 10.2. The van der Waals surface area contributed by atoms with Crippen LogP contribution >= 0.6 is 0 Å². The normalized spacial score (nSPS) is 24.1. The van der Waals surface area contributed by atoms with Gasteiger partial charge in [0.2, 0.25) is 0 Å². The van der Waals surface area contributed by atoms with Crippen LogP contribution < -0.4 is 4.74 Å². The Bertz CT molecular complexity index is 390. The lowest BCUT2D eigenvalue weighted by molar-refractivity contribution is 0.247. The molecule has 0 N–H and O–H groups in total. The fraction of sp³-hybridized carbons (Fsp3) is 0.600. The third-order valence-corrected chi connectivity index (χ3v) is 3.97. The average molecular weight is 216 g/mol. The van der Waals surface area contributed by atoms with Crippen molar-refractivity contribution in [2.24, 2.45) is 5.92 Å². The maximum Gasteiger partial charge on any atom is 0.122 e. The summed E-state index contributed by atoms with van der Waals surface area (Å²) in [4.78, 5) is 0. The van der Waals surface area contributed by atoms with E-state index in [0.717, 1.165) is 24.2 Å². The Morgan fingerprint density at radius 1 is 1.19 bits per heavy atom. The Labute approximate surface area is 97.8 Å². The van der Waals surface area contributed by atoms with Crippen LogP contribution in [0.1, 0.15) is 56.1 Å². The van der Waals surface area contributed by atoms with E-state index < -0.39 is 0 Å². The first kappa shape index (κ1) is 10.2. The Kier molecular flexibility index (Phi) is 2.42. The number of hydrogen-bond donors (Lipinski definition) is 0. The van der Waals surface area contributed by atoms with Crippen molar-refractivity contribution in [3.05, 3.63) is 29.3 Å². The molecule has 0 saturated heterocycles. The molecule has 1 heterocycles. The van der Waals surface area contributed by atoms with Crippen molar-refractivity contribution in [1.29, 1.82) is 0 Å². The van der Waals surface area contributed by atoms with Crippen molar-refractivity contribution in [3.63, 3.8) is 0 Å². The van der Waals surface area contributed by atoms with Crippen molar-refractivity contribution >= 4 is 0 Å². The molecule has 16 heavy (non-hydrogen) atoms. The molecule has 2 aliphatic rings. The van der Waals surface area contributed by atoms with Crippen molar-refractivity contribution < 1.29 is 4.74 Å². The molecule has 1 fully saturated rings. The van der Waals surface area contributed by atoms with Crippen LogP contribution in [0.15, 0.2) is 18.2 Å². The minimum Gasteiger partial charge on any atom is -0.493 e. The van der Waals surface area contributed by atoms with E-state index in [1.165, 1.54) is 30.4 Å². The highest BCUT2D eigenvalue weighted by atomic mass is 16.5. The molecule has 0 spiro atoms. The number of benzene rings is 1. The van der Waals surface area contributed by atoms with Crippen molar-refractivity contribution in [2.75, 3.05) is 6.61 Å². The Hall–Kier alpha value is -0.980. The summed E-state index contributed by atoms with van der Waals surface area (Å²) in [5, 5.41) is 0. The van der Waals surface area contributed by atoms with Crippen LogP contribution in [0.5, 0.6) is 5.75 Å². The number of ether oxygens (including phenoxy) is 1. The van der Waals surface area contributed by atoms with Gasteiger partial charge in [0.15, 0.2) is 0 Å². The molecule has 86 valence electrons. The van der Waals surface area contributed by atoms with Crippen molar-refractivity contribution in [2.45, 2.75) is 44.9 Å². The van der Waals surface area contributed by atoms with Crippen LogP contribution in [0, 0.1) is 5.92 Å². The first-order valence-electron chi connectivity index (χ1n) is 6.52. The predicted octanol–water partition coefficient (Wildman–Crippen LogP) is 4.09. The van der Waals surface area contributed by atoms with Gasteiger partial charge in [0.1, 0.15) is 5.75 Å². The quantitative estimate of drug-likeness (QED) is 0.723. The molecule has 0 amide bonds. The third kappa shape index (κ3) is 1.73. The molecule has 0 unspecified atom stereocenters. The highest BCUT2D eigenvalue weighted by molar-refractivity contribution is 5.43. The summed E-state index contributed by atoms with van der Waals surface area (Å²) in [7, 11) is 0. The highest BCUT2D eigenvalue weighted by Crippen LogP contribution is 2.44. The summed E-state index contributed by atoms with van der Waals surface area (Å²) >= 11 is 0. The van der Waals surface area contributed by atoms with E-state index in [0.29, 0.717) is 5.92 Å². The van der Waals surface area contributed by atoms with Gasteiger partial charge in [-0.3, -0.25) is 0 Å². The zero-order valence-electron chi connectivity index (χ0n) is 10.2. The summed E-state index contributed by atoms with van der Waals surface area (Å²) < 4.78 is 5.76. The van der Waals surface area contributed by atoms with Gasteiger partial charge < -0.3 is 4.74 Å². The third-order valence-electron chi connectivity index (χ3n) is 3.97. The van der Waals surface area contributed by atoms with E-state index in [2.05, 4.69) is 32.0 Å². The van der Waals surface area contributed by atoms with Gasteiger partial charge in [-0.2, -0.15) is 0 Å². The summed E-state index contributed by atoms with van der Waals surface area (Å²) in [6.45, 7) is 5.53. The monoisotopic (exact) mass is 216 g/mol. The standard InChI is InChI=1S/C15H20O/c1-10(2)13-7-8-16-15-6-5-12(9-14(13)15)11-3-4-11/h5-6,9-11,13H,3-4,7-8H2,1-2H3/t13-/m1/s1. The van der Waals surface area contributed by atoms with Crippen LogP contribution in [0.25, 0.3) is 0 Å². The van der Waals surface area contributed by atoms with E-state index in [4.69, 9.17) is 4.74 Å². The number of rotatable bonds is 2. The molecular formula is C15H20O. The molecule has 1 aliphatic heterocycles. The SMILES string of the molecule is CC(C)[C@H]1CCOc2ccc(C3CC3)cc21. The van der Waals surface area contributed by atoms with E-state index in [-0.39, 0.29) is 0 Å². The van der Waals surface area contributed by atoms with Gasteiger partial charge in [-0.05, 0) is 54.2 Å². The van der Waals surface area contributed by atoms with Crippen LogP contribution in [-0.4, -0.2) is 6.61 Å². The summed E-state index contributed by atoms with van der Waals surface area (Å²) in [6.07, 6.45) is 3.94. The maximum absolute atomic E-state index is 5.76. The number of hydrogen-bond acceptors (Lipinski definition) is 1. The van der Waals surface area contributed by atoms with Crippen molar-refractivity contribution in [3.8, 4) is 5.75 Å². The lowest BCUT2D eigenvalue weighted by Gasteiger charge is -2.29. The minimum atomic E-state index is 0.697. The Balaban J connectivity index is 1.99. The fourth-order valence-electron chi connectivity index (χ4n) is 2.80. The summed E-state index contributed by atoms with van der Waals surface area (Å²) in [5.74, 6) is 3.40. The van der Waals surface area contributed by atoms with Gasteiger partial charge in [0, 0.05) is 0 Å². The van der Waals surface area contributed by atoms with Gasteiger partial charge >= 0.3 is 0 Å². The topological polar surface area (TPSA) is 9.23 Å². The first-order chi connectivity index (χ1) is 7.75. The maximum atomic E-state index is 5.76. The number of fused-ring (bicyclic) bond motifs is 1. The van der Waals surface area contributed by atoms with Gasteiger partial charge in [0.05, 0.1) is 6.61 Å². The lowest BCUT2D eigenvalue weighted by atomic mass is 9.83. The van der Waals surface area contributed by atoms with E-state index in [1.807, 2.05) is 0 Å². The van der Waals surface area contributed by atoms with Crippen molar-refractivity contribution in [1.82, 2.24) is 0 Å². The Morgan fingerprint density at radius 3 is 2.69 bits per heavy atom. The van der Waals surface area contributed by atoms with Gasteiger partial charge in [-0.25, -0.2) is 0 Å². The molecule has 0 radical (unpaired) electrons. The van der Waals surface area contributed by atoms with Gasteiger partial charge in [-0.15, -0.1) is 0 Å². The molecule has 1 atom stereocenters. The summed E-state index contributed by atoms with van der Waals surface area (Å²) in [5.41, 5.74) is 3.00. The molecule has 3 rings (SSSR count). The first-order valence-corrected chi connectivity index (χ1v) is 6.52. The van der Waals surface area contributed by atoms with Gasteiger partial charge in [-0.1, -0.05) is 26.0 Å². The van der Waals surface area contributed by atoms with Gasteiger partial charge in [0.25, 0.3) is 0 Å². The second-order valence-electron chi connectivity index (χ2n) is 5.56. The molecular weight excluding hydrogens is 196 g/mol. The minimum absolute atomic E-state index is 0.697. The molecule has 1 aromatic rings. The molecule has 1 aliphatic carbocycles. The largest absolute Gasteiger partial charge is 0.493 e. The molecule has 1 heteroatoms. The average Bonchev–Trinajstić information content (AvgIpc) is 3.11. The molecule has 1 saturated carbocycles. The predicted molar refractivity (Wildman–Crippen MR) is 66.1 cm³/mol. The highest BCUT2D eigenvalue weighted by Gasteiger charge is 2.28. The fourth-order valence-corrected chi connectivity index (χ4v) is 2.80. The summed E-state index contributed by atoms with van der Waals surface area (Å²) in [6, 6.07) is 6.87. The second kappa shape index (κ2) is 3.80. The lowest BCUT2D eigenvalue weighted by Crippen LogP contribution is -2.18. The van der Waals surface area contributed by atoms with Crippen LogP contribution in [-0.2, 0) is 0 Å². The molecule has 1 nitrogen and oxygen atoms in total. The molecule has 0 bridgehead atoms. The van der Waals surface area contributed by atoms with Crippen LogP contribution in [0.2, 0.25) is 0 Å². The molecule has 1 aromatic carbocycles. The van der Waals surface area contributed by atoms with Crippen LogP contribution in [0.3, 0.4) is 0 Å². The van der Waals surface area contributed by atoms with E-state index in [9.17, 15) is 0 Å². The second-order valence-corrected chi connectivity index (χ2v) is 5.56. The molecule has 0 aromatic heterocycles. The van der Waals surface area contributed by atoms with E-state index >= 15 is 0 Å². The van der Waals surface area contributed by atoms with Crippen LogP contribution in [0.4, 0.5) is 0 Å². The van der Waals surface area contributed by atoms with E-state index in [1.54, 1.807) is 0 Å². The zero-order chi connectivity index (χ0) is 11.1. The smallest absolute Gasteiger partial charge is 0.122 e. The Morgan fingerprint density at radius 2 is 2.00 bits per heavy atom.